The first-order valence-electron chi connectivity index (χ1n) is 6.95. The predicted octanol–water partition coefficient (Wildman–Crippen LogP) is 3.17. The van der Waals surface area contributed by atoms with Crippen LogP contribution in [0.15, 0.2) is 36.4 Å². The minimum Gasteiger partial charge on any atom is -0.487 e. The molecule has 3 heteroatoms. The van der Waals surface area contributed by atoms with Gasteiger partial charge in [-0.05, 0) is 44.0 Å². The van der Waals surface area contributed by atoms with Crippen molar-refractivity contribution in [3.8, 4) is 5.75 Å². The third-order valence-corrected chi connectivity index (χ3v) is 3.23. The maximum Gasteiger partial charge on any atom is 0.141 e. The molecule has 0 saturated carbocycles. The number of aryl methyl sites for hydroxylation is 2. The Bertz CT molecular complexity index is 579. The van der Waals surface area contributed by atoms with Gasteiger partial charge in [0.05, 0.1) is 5.69 Å². The summed E-state index contributed by atoms with van der Waals surface area (Å²) >= 11 is 0. The number of ether oxygens (including phenoxy) is 1. The Morgan fingerprint density at radius 3 is 2.60 bits per heavy atom. The summed E-state index contributed by atoms with van der Waals surface area (Å²) in [6.07, 6.45) is 0.727. The largest absolute Gasteiger partial charge is 0.487 e. The maximum atomic E-state index is 5.94. The SMILES string of the molecule is Cc1ccc(OCc2ccccc2C)c(CC(C)N)n1. The Balaban J connectivity index is 2.15. The maximum absolute atomic E-state index is 5.94. The number of hydrogen-bond donors (Lipinski definition) is 1. The van der Waals surface area contributed by atoms with Crippen molar-refractivity contribution in [2.45, 2.75) is 39.8 Å². The molecule has 0 fully saturated rings. The molecule has 0 amide bonds. The number of nitrogens with two attached hydrogens (primary N) is 1. The van der Waals surface area contributed by atoms with Crippen molar-refractivity contribution >= 4 is 0 Å². The number of nitrogens with zero attached hydrogens (tertiary/aromatic N) is 1. The Morgan fingerprint density at radius 2 is 1.90 bits per heavy atom. The van der Waals surface area contributed by atoms with Crippen molar-refractivity contribution in [2.75, 3.05) is 0 Å². The molecule has 1 heterocycles. The van der Waals surface area contributed by atoms with Gasteiger partial charge < -0.3 is 10.5 Å². The zero-order chi connectivity index (χ0) is 14.5. The van der Waals surface area contributed by atoms with E-state index >= 15 is 0 Å². The minimum absolute atomic E-state index is 0.0742. The molecule has 1 unspecified atom stereocenters. The van der Waals surface area contributed by atoms with Gasteiger partial charge in [-0.3, -0.25) is 4.98 Å². The smallest absolute Gasteiger partial charge is 0.141 e. The van der Waals surface area contributed by atoms with Gasteiger partial charge in [-0.15, -0.1) is 0 Å². The Kier molecular flexibility index (Phi) is 4.74. The van der Waals surface area contributed by atoms with Crippen LogP contribution >= 0.6 is 0 Å². The summed E-state index contributed by atoms with van der Waals surface area (Å²) in [5.41, 5.74) is 10.2. The lowest BCUT2D eigenvalue weighted by atomic mass is 10.1. The molecule has 20 heavy (non-hydrogen) atoms. The number of rotatable bonds is 5. The van der Waals surface area contributed by atoms with Crippen molar-refractivity contribution in [1.29, 1.82) is 0 Å². The summed E-state index contributed by atoms with van der Waals surface area (Å²) in [7, 11) is 0. The van der Waals surface area contributed by atoms with Gasteiger partial charge in [0.1, 0.15) is 12.4 Å². The van der Waals surface area contributed by atoms with Gasteiger partial charge in [-0.25, -0.2) is 0 Å². The van der Waals surface area contributed by atoms with Gasteiger partial charge in [-0.1, -0.05) is 24.3 Å². The van der Waals surface area contributed by atoms with Crippen molar-refractivity contribution in [2.24, 2.45) is 5.73 Å². The van der Waals surface area contributed by atoms with Crippen LogP contribution < -0.4 is 10.5 Å². The van der Waals surface area contributed by atoms with E-state index in [0.29, 0.717) is 6.61 Å². The molecule has 0 aliphatic carbocycles. The highest BCUT2D eigenvalue weighted by molar-refractivity contribution is 5.31. The van der Waals surface area contributed by atoms with Crippen LogP contribution in [0.4, 0.5) is 0 Å². The van der Waals surface area contributed by atoms with Crippen LogP contribution in [0.5, 0.6) is 5.75 Å². The van der Waals surface area contributed by atoms with E-state index in [2.05, 4.69) is 24.0 Å². The van der Waals surface area contributed by atoms with Gasteiger partial charge >= 0.3 is 0 Å². The molecular weight excluding hydrogens is 248 g/mol. The normalized spacial score (nSPS) is 12.2. The van der Waals surface area contributed by atoms with E-state index in [1.807, 2.05) is 38.1 Å². The van der Waals surface area contributed by atoms with Crippen molar-refractivity contribution < 1.29 is 4.74 Å². The second-order valence-electron chi connectivity index (χ2n) is 5.29. The topological polar surface area (TPSA) is 48.1 Å². The van der Waals surface area contributed by atoms with E-state index in [4.69, 9.17) is 10.5 Å². The van der Waals surface area contributed by atoms with Crippen molar-refractivity contribution in [3.05, 3.63) is 58.9 Å². The molecule has 3 nitrogen and oxygen atoms in total. The number of hydrogen-bond acceptors (Lipinski definition) is 3. The zero-order valence-electron chi connectivity index (χ0n) is 12.4. The summed E-state index contributed by atoms with van der Waals surface area (Å²) in [6, 6.07) is 12.3. The monoisotopic (exact) mass is 270 g/mol. The minimum atomic E-state index is 0.0742. The van der Waals surface area contributed by atoms with Gasteiger partial charge in [0.2, 0.25) is 0 Å². The van der Waals surface area contributed by atoms with E-state index in [-0.39, 0.29) is 6.04 Å². The lowest BCUT2D eigenvalue weighted by Crippen LogP contribution is -2.19. The Morgan fingerprint density at radius 1 is 1.15 bits per heavy atom. The lowest BCUT2D eigenvalue weighted by molar-refractivity contribution is 0.299. The first kappa shape index (κ1) is 14.5. The van der Waals surface area contributed by atoms with E-state index in [0.717, 1.165) is 23.6 Å². The first-order valence-corrected chi connectivity index (χ1v) is 6.95. The van der Waals surface area contributed by atoms with Crippen LogP contribution in [0.1, 0.15) is 29.4 Å². The second-order valence-corrected chi connectivity index (χ2v) is 5.29. The van der Waals surface area contributed by atoms with Crippen molar-refractivity contribution in [1.82, 2.24) is 4.98 Å². The van der Waals surface area contributed by atoms with Crippen LogP contribution in [-0.2, 0) is 13.0 Å². The molecule has 1 aromatic heterocycles. The van der Waals surface area contributed by atoms with Gasteiger partial charge in [-0.2, -0.15) is 0 Å². The Labute approximate surface area is 120 Å². The van der Waals surface area contributed by atoms with Gasteiger partial charge in [0.25, 0.3) is 0 Å². The molecule has 0 saturated heterocycles. The first-order chi connectivity index (χ1) is 9.56. The lowest BCUT2D eigenvalue weighted by Gasteiger charge is -2.14. The van der Waals surface area contributed by atoms with Gasteiger partial charge in [0.15, 0.2) is 0 Å². The van der Waals surface area contributed by atoms with Crippen molar-refractivity contribution in [3.63, 3.8) is 0 Å². The average molecular weight is 270 g/mol. The fraction of sp³-hybridized carbons (Fsp3) is 0.353. The number of benzene rings is 1. The van der Waals surface area contributed by atoms with Crippen LogP contribution in [0.3, 0.4) is 0 Å². The predicted molar refractivity (Wildman–Crippen MR) is 81.8 cm³/mol. The molecule has 1 aromatic carbocycles. The third kappa shape index (κ3) is 3.81. The molecule has 0 spiro atoms. The van der Waals surface area contributed by atoms with E-state index < -0.39 is 0 Å². The van der Waals surface area contributed by atoms with Crippen LogP contribution in [-0.4, -0.2) is 11.0 Å². The summed E-state index contributed by atoms with van der Waals surface area (Å²) in [5.74, 6) is 0.830. The third-order valence-electron chi connectivity index (χ3n) is 3.23. The summed E-state index contributed by atoms with van der Waals surface area (Å²) in [5, 5.41) is 0. The fourth-order valence-corrected chi connectivity index (χ4v) is 2.11. The Hall–Kier alpha value is -1.87. The standard InChI is InChI=1S/C17H22N2O/c1-12-6-4-5-7-15(12)11-20-17-9-8-14(3)19-16(17)10-13(2)18/h4-9,13H,10-11,18H2,1-3H3. The average Bonchev–Trinajstić information content (AvgIpc) is 2.39. The molecule has 2 rings (SSSR count). The quantitative estimate of drug-likeness (QED) is 0.907. The fourth-order valence-electron chi connectivity index (χ4n) is 2.11. The molecule has 0 aliphatic heterocycles. The van der Waals surface area contributed by atoms with Crippen LogP contribution in [0.25, 0.3) is 0 Å². The second kappa shape index (κ2) is 6.53. The summed E-state index contributed by atoms with van der Waals surface area (Å²) in [6.45, 7) is 6.61. The molecule has 2 N–H and O–H groups in total. The summed E-state index contributed by atoms with van der Waals surface area (Å²) in [4.78, 5) is 4.54. The van der Waals surface area contributed by atoms with Gasteiger partial charge in [0, 0.05) is 18.2 Å². The highest BCUT2D eigenvalue weighted by atomic mass is 16.5. The zero-order valence-corrected chi connectivity index (χ0v) is 12.4. The molecule has 2 aromatic rings. The molecule has 0 radical (unpaired) electrons. The van der Waals surface area contributed by atoms with E-state index in [1.54, 1.807) is 0 Å². The highest BCUT2D eigenvalue weighted by Gasteiger charge is 2.09. The molecule has 1 atom stereocenters. The van der Waals surface area contributed by atoms with E-state index in [1.165, 1.54) is 11.1 Å². The number of pyridine rings is 1. The molecule has 0 bridgehead atoms. The summed E-state index contributed by atoms with van der Waals surface area (Å²) < 4.78 is 5.94. The van der Waals surface area contributed by atoms with E-state index in [9.17, 15) is 0 Å². The molecular formula is C17H22N2O. The number of aromatic nitrogens is 1. The van der Waals surface area contributed by atoms with Crippen LogP contribution in [0, 0.1) is 13.8 Å². The van der Waals surface area contributed by atoms with Crippen LogP contribution in [0.2, 0.25) is 0 Å². The molecule has 0 aliphatic rings. The molecule has 106 valence electrons. The highest BCUT2D eigenvalue weighted by Crippen LogP contribution is 2.20.